The highest BCUT2D eigenvalue weighted by Gasteiger charge is 2.02. The Labute approximate surface area is 104 Å². The molecule has 1 aromatic heterocycles. The minimum atomic E-state index is 0.565. The second kappa shape index (κ2) is 5.12. The molecule has 0 saturated heterocycles. The Kier molecular flexibility index (Phi) is 3.35. The summed E-state index contributed by atoms with van der Waals surface area (Å²) in [6, 6.07) is 15.2. The lowest BCUT2D eigenvalue weighted by Gasteiger charge is -1.98. The average molecular weight is 236 g/mol. The fraction of sp³-hybridized carbons (Fsp3) is 0. The van der Waals surface area contributed by atoms with Gasteiger partial charge in [0.05, 0.1) is 23.3 Å². The lowest BCUT2D eigenvalue weighted by atomic mass is 10.0. The van der Waals surface area contributed by atoms with E-state index in [1.54, 1.807) is 29.5 Å². The lowest BCUT2D eigenvalue weighted by Crippen LogP contribution is -1.83. The summed E-state index contributed by atoms with van der Waals surface area (Å²) in [6.07, 6.45) is 1.83. The Morgan fingerprint density at radius 3 is 2.71 bits per heavy atom. The fourth-order valence-electron chi connectivity index (χ4n) is 1.45. The lowest BCUT2D eigenvalue weighted by molar-refractivity contribution is 1.47. The smallest absolute Gasteiger partial charge is 0.0998 e. The van der Waals surface area contributed by atoms with Crippen molar-refractivity contribution in [2.45, 2.75) is 0 Å². The van der Waals surface area contributed by atoms with Crippen LogP contribution in [-0.4, -0.2) is 0 Å². The molecule has 2 rings (SSSR count). The van der Waals surface area contributed by atoms with E-state index in [9.17, 15) is 0 Å². The summed E-state index contributed by atoms with van der Waals surface area (Å²) < 4.78 is 0. The summed E-state index contributed by atoms with van der Waals surface area (Å²) in [5.74, 6) is 0. The number of nitrogens with zero attached hydrogens (tertiary/aromatic N) is 2. The molecule has 0 bridgehead atoms. The predicted molar refractivity (Wildman–Crippen MR) is 69.0 cm³/mol. The van der Waals surface area contributed by atoms with Crippen LogP contribution < -0.4 is 0 Å². The van der Waals surface area contributed by atoms with Gasteiger partial charge < -0.3 is 0 Å². The van der Waals surface area contributed by atoms with Gasteiger partial charge in [0, 0.05) is 4.88 Å². The maximum Gasteiger partial charge on any atom is 0.0998 e. The Hall–Kier alpha value is -2.36. The van der Waals surface area contributed by atoms with Gasteiger partial charge in [-0.1, -0.05) is 18.2 Å². The van der Waals surface area contributed by atoms with E-state index in [1.807, 2.05) is 29.7 Å². The van der Waals surface area contributed by atoms with E-state index < -0.39 is 0 Å². The highest BCUT2D eigenvalue weighted by Crippen LogP contribution is 2.20. The SMILES string of the molecule is N#C/C(=C/c1cccs1)c1cccc(C#N)c1. The van der Waals surface area contributed by atoms with Crippen LogP contribution in [0.1, 0.15) is 16.0 Å². The number of thiophene rings is 1. The average Bonchev–Trinajstić information content (AvgIpc) is 2.89. The Balaban J connectivity index is 2.44. The van der Waals surface area contributed by atoms with Crippen molar-refractivity contribution in [1.29, 1.82) is 10.5 Å². The Morgan fingerprint density at radius 2 is 2.06 bits per heavy atom. The number of hydrogen-bond acceptors (Lipinski definition) is 3. The van der Waals surface area contributed by atoms with E-state index in [-0.39, 0.29) is 0 Å². The Morgan fingerprint density at radius 1 is 1.18 bits per heavy atom. The molecule has 0 aliphatic heterocycles. The van der Waals surface area contributed by atoms with Gasteiger partial charge in [0.25, 0.3) is 0 Å². The first-order valence-corrected chi connectivity index (χ1v) is 5.87. The fourth-order valence-corrected chi connectivity index (χ4v) is 2.11. The van der Waals surface area contributed by atoms with Gasteiger partial charge in [-0.3, -0.25) is 0 Å². The molecule has 0 aliphatic carbocycles. The summed E-state index contributed by atoms with van der Waals surface area (Å²) >= 11 is 1.58. The van der Waals surface area contributed by atoms with Gasteiger partial charge in [0.2, 0.25) is 0 Å². The Bertz CT molecular complexity index is 625. The molecular weight excluding hydrogens is 228 g/mol. The van der Waals surface area contributed by atoms with E-state index in [0.29, 0.717) is 11.1 Å². The minimum Gasteiger partial charge on any atom is -0.192 e. The van der Waals surface area contributed by atoms with Crippen LogP contribution >= 0.6 is 11.3 Å². The number of hydrogen-bond donors (Lipinski definition) is 0. The van der Waals surface area contributed by atoms with Gasteiger partial charge in [0.15, 0.2) is 0 Å². The first kappa shape index (κ1) is 11.1. The summed E-state index contributed by atoms with van der Waals surface area (Å²) in [7, 11) is 0. The van der Waals surface area contributed by atoms with Crippen molar-refractivity contribution in [2.24, 2.45) is 0 Å². The molecule has 0 atom stereocenters. The van der Waals surface area contributed by atoms with E-state index >= 15 is 0 Å². The molecule has 1 heterocycles. The van der Waals surface area contributed by atoms with Crippen LogP contribution in [0.2, 0.25) is 0 Å². The topological polar surface area (TPSA) is 47.6 Å². The zero-order valence-corrected chi connectivity index (χ0v) is 9.74. The molecule has 2 nitrogen and oxygen atoms in total. The molecule has 0 radical (unpaired) electrons. The summed E-state index contributed by atoms with van der Waals surface area (Å²) in [4.78, 5) is 1.03. The summed E-state index contributed by atoms with van der Waals surface area (Å²) in [5.41, 5.74) is 1.92. The van der Waals surface area contributed by atoms with Crippen molar-refractivity contribution in [3.05, 3.63) is 57.8 Å². The zero-order chi connectivity index (χ0) is 12.1. The highest BCUT2D eigenvalue weighted by molar-refractivity contribution is 7.10. The predicted octanol–water partition coefficient (Wildman–Crippen LogP) is 3.68. The molecule has 0 aliphatic rings. The molecule has 0 spiro atoms. The maximum absolute atomic E-state index is 9.15. The first-order valence-electron chi connectivity index (χ1n) is 4.99. The number of nitriles is 2. The van der Waals surface area contributed by atoms with Gasteiger partial charge in [0.1, 0.15) is 0 Å². The molecule has 3 heteroatoms. The minimum absolute atomic E-state index is 0.565. The van der Waals surface area contributed by atoms with E-state index in [0.717, 1.165) is 10.4 Å². The molecule has 0 amide bonds. The van der Waals surface area contributed by atoms with E-state index in [2.05, 4.69) is 12.1 Å². The zero-order valence-electron chi connectivity index (χ0n) is 8.92. The number of benzene rings is 1. The summed E-state index contributed by atoms with van der Waals surface area (Å²) in [5, 5.41) is 19.9. The van der Waals surface area contributed by atoms with Crippen LogP contribution in [-0.2, 0) is 0 Å². The van der Waals surface area contributed by atoms with Crippen LogP contribution in [0.15, 0.2) is 41.8 Å². The quantitative estimate of drug-likeness (QED) is 0.747. The molecule has 1 aromatic carbocycles. The molecule has 17 heavy (non-hydrogen) atoms. The van der Waals surface area contributed by atoms with Crippen molar-refractivity contribution in [3.8, 4) is 12.1 Å². The summed E-state index contributed by atoms with van der Waals surface area (Å²) in [6.45, 7) is 0. The highest BCUT2D eigenvalue weighted by atomic mass is 32.1. The maximum atomic E-state index is 9.15. The number of allylic oxidation sites excluding steroid dienone is 1. The van der Waals surface area contributed by atoms with E-state index in [1.165, 1.54) is 0 Å². The number of rotatable bonds is 2. The molecular formula is C14H8N2S. The molecule has 0 unspecified atom stereocenters. The first-order chi connectivity index (χ1) is 8.33. The third kappa shape index (κ3) is 2.60. The largest absolute Gasteiger partial charge is 0.192 e. The normalized spacial score (nSPS) is 10.6. The van der Waals surface area contributed by atoms with Gasteiger partial charge in [-0.05, 0) is 35.2 Å². The molecule has 0 saturated carbocycles. The van der Waals surface area contributed by atoms with Gasteiger partial charge in [-0.15, -0.1) is 11.3 Å². The van der Waals surface area contributed by atoms with Crippen molar-refractivity contribution in [3.63, 3.8) is 0 Å². The third-order valence-corrected chi connectivity index (χ3v) is 3.07. The van der Waals surface area contributed by atoms with Gasteiger partial charge in [-0.25, -0.2) is 0 Å². The van der Waals surface area contributed by atoms with Crippen molar-refractivity contribution in [2.75, 3.05) is 0 Å². The van der Waals surface area contributed by atoms with Crippen molar-refractivity contribution < 1.29 is 0 Å². The van der Waals surface area contributed by atoms with E-state index in [4.69, 9.17) is 10.5 Å². The van der Waals surface area contributed by atoms with Gasteiger partial charge >= 0.3 is 0 Å². The second-order valence-electron chi connectivity index (χ2n) is 3.38. The van der Waals surface area contributed by atoms with Crippen molar-refractivity contribution >= 4 is 23.0 Å². The van der Waals surface area contributed by atoms with Crippen LogP contribution in [0.5, 0.6) is 0 Å². The molecule has 0 fully saturated rings. The molecule has 2 aromatic rings. The standard InChI is InChI=1S/C14H8N2S/c15-9-11-3-1-4-12(7-11)13(10-16)8-14-5-2-6-17-14/h1-8H/b13-8-. The monoisotopic (exact) mass is 236 g/mol. The molecule has 80 valence electrons. The second-order valence-corrected chi connectivity index (χ2v) is 4.36. The van der Waals surface area contributed by atoms with Crippen LogP contribution in [0.4, 0.5) is 0 Å². The third-order valence-electron chi connectivity index (χ3n) is 2.25. The van der Waals surface area contributed by atoms with Crippen LogP contribution in [0, 0.1) is 22.7 Å². The van der Waals surface area contributed by atoms with Crippen LogP contribution in [0.3, 0.4) is 0 Å². The van der Waals surface area contributed by atoms with Gasteiger partial charge in [-0.2, -0.15) is 10.5 Å². The van der Waals surface area contributed by atoms with Crippen molar-refractivity contribution in [1.82, 2.24) is 0 Å². The molecule has 0 N–H and O–H groups in total. The van der Waals surface area contributed by atoms with Crippen LogP contribution in [0.25, 0.3) is 11.6 Å².